The van der Waals surface area contributed by atoms with Crippen molar-refractivity contribution >= 4 is 36.2 Å². The lowest BCUT2D eigenvalue weighted by molar-refractivity contribution is -0.150. The number of rotatable bonds is 17. The van der Waals surface area contributed by atoms with Crippen molar-refractivity contribution < 1.29 is 28.4 Å². The maximum Gasteiger partial charge on any atom is 0.324 e. The number of esters is 2. The minimum atomic E-state index is -3.92. The number of nitrogens with one attached hydrogen (secondary N) is 2. The van der Waals surface area contributed by atoms with Crippen molar-refractivity contribution in [3.05, 3.63) is 126 Å². The third-order valence-corrected chi connectivity index (χ3v) is 10.1. The molecule has 0 amide bonds. The predicted molar refractivity (Wildman–Crippen MR) is 209 cm³/mol. The van der Waals surface area contributed by atoms with Crippen LogP contribution in [0.1, 0.15) is 49.9 Å². The third kappa shape index (κ3) is 11.6. The number of nitrogen functional groups attached to an aromatic ring is 1. The number of nitrogens with zero attached hydrogens (tertiary/aromatic N) is 3. The molecule has 2 heterocycles. The molecule has 0 aliphatic rings. The third-order valence-electron chi connectivity index (χ3n) is 8.11. The quantitative estimate of drug-likeness (QED) is 0.0451. The van der Waals surface area contributed by atoms with Crippen LogP contribution >= 0.6 is 7.44 Å². The van der Waals surface area contributed by atoms with Gasteiger partial charge in [0.05, 0.1) is 29.8 Å². The molecular formula is C41H47N6O6P. The molecule has 0 spiro atoms. The van der Waals surface area contributed by atoms with Crippen molar-refractivity contribution in [2.24, 2.45) is 0 Å². The lowest BCUT2D eigenvalue weighted by Crippen LogP contribution is -2.47. The summed E-state index contributed by atoms with van der Waals surface area (Å²) < 4.78 is 34.2. The van der Waals surface area contributed by atoms with Crippen molar-refractivity contribution in [2.45, 2.75) is 71.4 Å². The van der Waals surface area contributed by atoms with Crippen LogP contribution in [0.5, 0.6) is 0 Å². The number of aromatic nitrogens is 3. The molecule has 0 saturated carbocycles. The van der Waals surface area contributed by atoms with E-state index in [0.717, 1.165) is 16.7 Å². The zero-order chi connectivity index (χ0) is 38.5. The lowest BCUT2D eigenvalue weighted by atomic mass is 10.1. The molecule has 282 valence electrons. The molecule has 5 rings (SSSR count). The molecule has 3 aromatic carbocycles. The summed E-state index contributed by atoms with van der Waals surface area (Å²) in [4.78, 5) is 35.6. The molecule has 54 heavy (non-hydrogen) atoms. The zero-order valence-corrected chi connectivity index (χ0v) is 31.9. The molecule has 13 heteroatoms. The monoisotopic (exact) mass is 750 g/mol. The van der Waals surface area contributed by atoms with Gasteiger partial charge in [-0.2, -0.15) is 0 Å². The van der Waals surface area contributed by atoms with E-state index in [-0.39, 0.29) is 25.8 Å². The predicted octanol–water partition coefficient (Wildman–Crippen LogP) is 5.89. The highest BCUT2D eigenvalue weighted by atomic mass is 31.2. The van der Waals surface area contributed by atoms with Crippen LogP contribution in [0.25, 0.3) is 11.0 Å². The van der Waals surface area contributed by atoms with Crippen LogP contribution in [0.15, 0.2) is 104 Å². The van der Waals surface area contributed by atoms with E-state index in [1.165, 1.54) is 6.33 Å². The van der Waals surface area contributed by atoms with Gasteiger partial charge < -0.3 is 24.5 Å². The summed E-state index contributed by atoms with van der Waals surface area (Å²) in [6.07, 6.45) is 2.39. The largest absolute Gasteiger partial charge is 0.462 e. The molecule has 0 saturated heterocycles. The zero-order valence-electron chi connectivity index (χ0n) is 31.0. The van der Waals surface area contributed by atoms with Gasteiger partial charge in [0, 0.05) is 18.3 Å². The Hall–Kier alpha value is -5.31. The summed E-state index contributed by atoms with van der Waals surface area (Å²) in [5.74, 6) is 5.48. The number of ether oxygens (including phenoxy) is 3. The minimum absolute atomic E-state index is 0.0895. The minimum Gasteiger partial charge on any atom is -0.462 e. The highest BCUT2D eigenvalue weighted by molar-refractivity contribution is 7.59. The first-order valence-electron chi connectivity index (χ1n) is 17.9. The van der Waals surface area contributed by atoms with Crippen LogP contribution in [0, 0.1) is 11.8 Å². The number of fused-ring (bicyclic) bond motifs is 1. The van der Waals surface area contributed by atoms with Gasteiger partial charge in [0.15, 0.2) is 0 Å². The fourth-order valence-corrected chi connectivity index (χ4v) is 7.75. The van der Waals surface area contributed by atoms with Crippen LogP contribution in [-0.2, 0) is 47.8 Å². The Kier molecular flexibility index (Phi) is 14.1. The van der Waals surface area contributed by atoms with E-state index in [9.17, 15) is 9.59 Å². The highest BCUT2D eigenvalue weighted by Gasteiger charge is 2.36. The standard InChI is InChI=1S/C41H47N6O6P/c1-29(2)52-40(48)35(24-32-16-10-6-11-17-32)45-54(50,46-36(41(49)53-30(3)4)25-33-18-12-7-13-19-33)28-51-23-22-47-26-34(21-20-31-14-8-5-9-15-31)37-38(42)43-27-44-39(37)47/h5-19,26-27,29-30,35-36H,22-25,28H2,1-4H3,(H2,42,43,44)(H2,45,46,50)/t35-,36-/m0/s1. The molecule has 12 nitrogen and oxygen atoms in total. The Balaban J connectivity index is 1.41. The van der Waals surface area contributed by atoms with E-state index in [0.29, 0.717) is 29.0 Å². The molecule has 5 aromatic rings. The molecule has 4 N–H and O–H groups in total. The summed E-state index contributed by atoms with van der Waals surface area (Å²) in [6.45, 7) is 7.38. The van der Waals surface area contributed by atoms with E-state index >= 15 is 4.57 Å². The lowest BCUT2D eigenvalue weighted by Gasteiger charge is -2.29. The van der Waals surface area contributed by atoms with Gasteiger partial charge in [-0.25, -0.2) is 20.1 Å². The number of anilines is 1. The maximum atomic E-state index is 15.1. The second kappa shape index (κ2) is 19.1. The molecule has 0 aliphatic carbocycles. The Labute approximate surface area is 316 Å². The molecule has 0 fully saturated rings. The van der Waals surface area contributed by atoms with Crippen molar-refractivity contribution in [2.75, 3.05) is 18.7 Å². The number of carbonyl (C=O) groups is 2. The average Bonchev–Trinajstić information content (AvgIpc) is 3.51. The smallest absolute Gasteiger partial charge is 0.324 e. The number of carbonyl (C=O) groups excluding carboxylic acids is 2. The highest BCUT2D eigenvalue weighted by Crippen LogP contribution is 2.39. The van der Waals surface area contributed by atoms with E-state index in [1.54, 1.807) is 27.7 Å². The van der Waals surface area contributed by atoms with Crippen LogP contribution in [0.3, 0.4) is 0 Å². The summed E-state index contributed by atoms with van der Waals surface area (Å²) in [6, 6.07) is 26.2. The van der Waals surface area contributed by atoms with Crippen LogP contribution in [0.2, 0.25) is 0 Å². The maximum absolute atomic E-state index is 15.1. The number of hydrogen-bond donors (Lipinski definition) is 3. The Morgan fingerprint density at radius 2 is 1.30 bits per heavy atom. The van der Waals surface area contributed by atoms with Gasteiger partial charge in [0.25, 0.3) is 0 Å². The van der Waals surface area contributed by atoms with Gasteiger partial charge in [-0.1, -0.05) is 90.7 Å². The van der Waals surface area contributed by atoms with E-state index < -0.39 is 43.7 Å². The van der Waals surface area contributed by atoms with Gasteiger partial charge in [0.2, 0.25) is 7.44 Å². The summed E-state index contributed by atoms with van der Waals surface area (Å²) in [5.41, 5.74) is 10.00. The van der Waals surface area contributed by atoms with Gasteiger partial charge in [0.1, 0.15) is 36.2 Å². The van der Waals surface area contributed by atoms with Crippen LogP contribution < -0.4 is 15.9 Å². The summed E-state index contributed by atoms with van der Waals surface area (Å²) in [5, 5.41) is 6.73. The van der Waals surface area contributed by atoms with Crippen LogP contribution in [-0.4, -0.2) is 63.7 Å². The first-order chi connectivity index (χ1) is 26.0. The molecular weight excluding hydrogens is 703 g/mol. The Morgan fingerprint density at radius 1 is 0.778 bits per heavy atom. The molecule has 2 atom stereocenters. The van der Waals surface area contributed by atoms with Gasteiger partial charge in [-0.05, 0) is 63.8 Å². The van der Waals surface area contributed by atoms with Gasteiger partial charge >= 0.3 is 11.9 Å². The second-order valence-electron chi connectivity index (χ2n) is 13.3. The molecule has 0 aliphatic heterocycles. The van der Waals surface area contributed by atoms with Gasteiger partial charge in [-0.3, -0.25) is 14.2 Å². The number of nitrogens with two attached hydrogens (primary N) is 1. The normalized spacial score (nSPS) is 12.6. The topological polar surface area (TPSA) is 160 Å². The van der Waals surface area contributed by atoms with E-state index in [1.807, 2.05) is 102 Å². The van der Waals surface area contributed by atoms with Crippen molar-refractivity contribution in [1.82, 2.24) is 24.7 Å². The second-order valence-corrected chi connectivity index (χ2v) is 15.6. The first-order valence-corrected chi connectivity index (χ1v) is 19.8. The average molecular weight is 751 g/mol. The molecule has 0 unspecified atom stereocenters. The first kappa shape index (κ1) is 39.9. The van der Waals surface area contributed by atoms with E-state index in [4.69, 9.17) is 19.9 Å². The van der Waals surface area contributed by atoms with Crippen molar-refractivity contribution in [3.63, 3.8) is 0 Å². The van der Waals surface area contributed by atoms with Crippen molar-refractivity contribution in [3.8, 4) is 11.8 Å². The molecule has 2 aromatic heterocycles. The number of hydrogen-bond acceptors (Lipinski definition) is 9. The van der Waals surface area contributed by atoms with E-state index in [2.05, 4.69) is 32.0 Å². The number of benzene rings is 3. The molecule has 0 radical (unpaired) electrons. The van der Waals surface area contributed by atoms with Gasteiger partial charge in [-0.15, -0.1) is 0 Å². The Bertz CT molecular complexity index is 2020. The fourth-order valence-electron chi connectivity index (χ4n) is 5.74. The van der Waals surface area contributed by atoms with Crippen LogP contribution in [0.4, 0.5) is 5.82 Å². The van der Waals surface area contributed by atoms with Crippen molar-refractivity contribution in [1.29, 1.82) is 0 Å². The summed E-state index contributed by atoms with van der Waals surface area (Å²) in [7, 11) is -3.92. The Morgan fingerprint density at radius 3 is 1.81 bits per heavy atom. The summed E-state index contributed by atoms with van der Waals surface area (Å²) >= 11 is 0. The molecule has 0 bridgehead atoms. The fraction of sp³-hybridized carbons (Fsp3) is 0.317. The SMILES string of the molecule is CC(C)OC(=O)[C@H](Cc1ccccc1)NP(=O)(COCCn1cc(C#Cc2ccccc2)c2c(N)ncnc21)N[C@@H](Cc1ccccc1)C(=O)OC(C)C.